The van der Waals surface area contributed by atoms with E-state index in [1.165, 1.54) is 6.08 Å². The first-order chi connectivity index (χ1) is 8.72. The molecule has 0 aliphatic heterocycles. The number of halogens is 3. The molecular weight excluding hydrogens is 281 g/mol. The third-order valence-electron chi connectivity index (χ3n) is 2.90. The Morgan fingerprint density at radius 3 is 2.53 bits per heavy atom. The first-order valence-corrected chi connectivity index (χ1v) is 6.93. The zero-order chi connectivity index (χ0) is 14.3. The monoisotopic (exact) mass is 292 g/mol. The highest BCUT2D eigenvalue weighted by atomic mass is 32.2. The van der Waals surface area contributed by atoms with Gasteiger partial charge in [-0.3, -0.25) is 0 Å². The molecule has 1 unspecified atom stereocenters. The Morgan fingerprint density at radius 1 is 1.26 bits per heavy atom. The molecule has 19 heavy (non-hydrogen) atoms. The minimum absolute atomic E-state index is 0.108. The largest absolute Gasteiger partial charge is 0.534 e. The van der Waals surface area contributed by atoms with Crippen LogP contribution in [-0.4, -0.2) is 13.9 Å². The highest BCUT2D eigenvalue weighted by molar-refractivity contribution is 7.87. The van der Waals surface area contributed by atoms with Crippen LogP contribution in [0.3, 0.4) is 0 Å². The van der Waals surface area contributed by atoms with Crippen LogP contribution in [-0.2, 0) is 14.3 Å². The molecule has 0 N–H and O–H groups in total. The zero-order valence-electron chi connectivity index (χ0n) is 9.94. The van der Waals surface area contributed by atoms with Gasteiger partial charge in [0.05, 0.1) is 0 Å². The average molecular weight is 292 g/mol. The van der Waals surface area contributed by atoms with Crippen LogP contribution in [0, 0.1) is 0 Å². The van der Waals surface area contributed by atoms with E-state index in [0.29, 0.717) is 12.0 Å². The Bertz CT molecular complexity index is 617. The molecule has 1 aliphatic carbocycles. The third kappa shape index (κ3) is 2.60. The molecule has 1 atom stereocenters. The summed E-state index contributed by atoms with van der Waals surface area (Å²) in [6.07, 6.45) is 1.80. The van der Waals surface area contributed by atoms with Crippen LogP contribution in [0.25, 0.3) is 5.76 Å². The van der Waals surface area contributed by atoms with Crippen molar-refractivity contribution in [1.29, 1.82) is 0 Å². The van der Waals surface area contributed by atoms with Gasteiger partial charge in [-0.1, -0.05) is 31.2 Å². The van der Waals surface area contributed by atoms with E-state index in [1.54, 1.807) is 24.3 Å². The minimum Gasteiger partial charge on any atom is -0.376 e. The number of allylic oxidation sites excluding steroid dienone is 1. The lowest BCUT2D eigenvalue weighted by atomic mass is 9.88. The van der Waals surface area contributed by atoms with Gasteiger partial charge >= 0.3 is 15.6 Å². The molecule has 0 spiro atoms. The Morgan fingerprint density at radius 2 is 1.89 bits per heavy atom. The highest BCUT2D eigenvalue weighted by Gasteiger charge is 2.49. The molecule has 1 aliphatic rings. The Kier molecular flexibility index (Phi) is 3.34. The van der Waals surface area contributed by atoms with Crippen LogP contribution in [0.5, 0.6) is 0 Å². The van der Waals surface area contributed by atoms with Gasteiger partial charge in [-0.25, -0.2) is 0 Å². The Balaban J connectivity index is 2.39. The fourth-order valence-corrected chi connectivity index (χ4v) is 2.40. The number of rotatable bonds is 2. The lowest BCUT2D eigenvalue weighted by Gasteiger charge is -2.22. The molecular formula is C12H11F3O3S. The van der Waals surface area contributed by atoms with Crippen LogP contribution < -0.4 is 0 Å². The van der Waals surface area contributed by atoms with Crippen molar-refractivity contribution in [1.82, 2.24) is 0 Å². The van der Waals surface area contributed by atoms with Gasteiger partial charge in [-0.15, -0.1) is 0 Å². The first kappa shape index (κ1) is 13.9. The third-order valence-corrected chi connectivity index (χ3v) is 3.86. The summed E-state index contributed by atoms with van der Waals surface area (Å²) < 4.78 is 63.2. The number of alkyl halides is 3. The van der Waals surface area contributed by atoms with Crippen LogP contribution in [0.15, 0.2) is 30.3 Å². The number of hydrogen-bond acceptors (Lipinski definition) is 3. The van der Waals surface area contributed by atoms with E-state index < -0.39 is 15.6 Å². The maximum absolute atomic E-state index is 12.3. The second-order valence-electron chi connectivity index (χ2n) is 4.28. The molecule has 104 valence electrons. The normalized spacial score (nSPS) is 19.6. The quantitative estimate of drug-likeness (QED) is 0.620. The second kappa shape index (κ2) is 4.56. The van der Waals surface area contributed by atoms with Crippen molar-refractivity contribution in [3.05, 3.63) is 41.5 Å². The van der Waals surface area contributed by atoms with E-state index in [2.05, 4.69) is 4.18 Å². The maximum Gasteiger partial charge on any atom is 0.534 e. The molecule has 3 nitrogen and oxygen atoms in total. The van der Waals surface area contributed by atoms with E-state index in [4.69, 9.17) is 0 Å². The van der Waals surface area contributed by atoms with E-state index in [9.17, 15) is 21.6 Å². The summed E-state index contributed by atoms with van der Waals surface area (Å²) in [5.41, 5.74) is -4.27. The van der Waals surface area contributed by atoms with Gasteiger partial charge in [-0.2, -0.15) is 21.6 Å². The molecule has 1 aromatic rings. The Labute approximate surface area is 108 Å². The fraction of sp³-hybridized carbons (Fsp3) is 0.333. The minimum atomic E-state index is -5.63. The average Bonchev–Trinajstić information content (AvgIpc) is 2.32. The van der Waals surface area contributed by atoms with Crippen molar-refractivity contribution in [3.63, 3.8) is 0 Å². The molecule has 0 saturated carbocycles. The van der Waals surface area contributed by atoms with E-state index in [-0.39, 0.29) is 11.7 Å². The molecule has 0 saturated heterocycles. The van der Waals surface area contributed by atoms with Crippen molar-refractivity contribution in [3.8, 4) is 0 Å². The Hall–Kier alpha value is -1.50. The van der Waals surface area contributed by atoms with Gasteiger partial charge in [0, 0.05) is 5.56 Å². The summed E-state index contributed by atoms with van der Waals surface area (Å²) >= 11 is 0. The van der Waals surface area contributed by atoms with Crippen molar-refractivity contribution < 1.29 is 25.8 Å². The maximum atomic E-state index is 12.3. The smallest absolute Gasteiger partial charge is 0.376 e. The number of fused-ring (bicyclic) bond motifs is 1. The second-order valence-corrected chi connectivity index (χ2v) is 5.81. The van der Waals surface area contributed by atoms with Crippen molar-refractivity contribution >= 4 is 15.9 Å². The van der Waals surface area contributed by atoms with Crippen molar-refractivity contribution in [2.75, 3.05) is 0 Å². The zero-order valence-corrected chi connectivity index (χ0v) is 10.8. The van der Waals surface area contributed by atoms with E-state index in [1.807, 2.05) is 6.92 Å². The molecule has 0 heterocycles. The molecule has 0 aromatic heterocycles. The molecule has 7 heteroatoms. The topological polar surface area (TPSA) is 43.4 Å². The van der Waals surface area contributed by atoms with Gasteiger partial charge in [0.15, 0.2) is 0 Å². The lowest BCUT2D eigenvalue weighted by molar-refractivity contribution is -0.0509. The first-order valence-electron chi connectivity index (χ1n) is 5.52. The van der Waals surface area contributed by atoms with Gasteiger partial charge in [-0.05, 0) is 24.0 Å². The highest BCUT2D eigenvalue weighted by Crippen LogP contribution is 2.37. The van der Waals surface area contributed by atoms with Crippen molar-refractivity contribution in [2.45, 2.75) is 24.8 Å². The number of hydrogen-bond donors (Lipinski definition) is 0. The summed E-state index contributed by atoms with van der Waals surface area (Å²) in [7, 11) is -5.63. The fourth-order valence-electron chi connectivity index (χ4n) is 1.92. The molecule has 0 bridgehead atoms. The van der Waals surface area contributed by atoms with Crippen LogP contribution in [0.1, 0.15) is 30.4 Å². The molecule has 0 amide bonds. The van der Waals surface area contributed by atoms with E-state index in [0.717, 1.165) is 5.56 Å². The lowest BCUT2D eigenvalue weighted by Crippen LogP contribution is -2.25. The van der Waals surface area contributed by atoms with Gasteiger partial charge in [0.2, 0.25) is 0 Å². The predicted molar refractivity (Wildman–Crippen MR) is 63.5 cm³/mol. The van der Waals surface area contributed by atoms with Crippen LogP contribution >= 0.6 is 0 Å². The standard InChI is InChI=1S/C12H11F3O3S/c1-8-6-7-11(10-5-3-2-4-9(8)10)18-19(16,17)12(13,14)15/h2-5,7-8H,6H2,1H3. The summed E-state index contributed by atoms with van der Waals surface area (Å²) in [6.45, 7) is 1.91. The summed E-state index contributed by atoms with van der Waals surface area (Å²) in [5.74, 6) is -0.150. The summed E-state index contributed by atoms with van der Waals surface area (Å²) in [4.78, 5) is 0. The predicted octanol–water partition coefficient (Wildman–Crippen LogP) is 3.40. The summed E-state index contributed by atoms with van der Waals surface area (Å²) in [5, 5.41) is 0. The van der Waals surface area contributed by atoms with Crippen LogP contribution in [0.4, 0.5) is 13.2 Å². The van der Waals surface area contributed by atoms with Gasteiger partial charge in [0.1, 0.15) is 5.76 Å². The van der Waals surface area contributed by atoms with Gasteiger partial charge < -0.3 is 4.18 Å². The molecule has 1 aromatic carbocycles. The van der Waals surface area contributed by atoms with Gasteiger partial charge in [0.25, 0.3) is 0 Å². The molecule has 0 fully saturated rings. The van der Waals surface area contributed by atoms with Crippen LogP contribution in [0.2, 0.25) is 0 Å². The molecule has 2 rings (SSSR count). The molecule has 0 radical (unpaired) electrons. The van der Waals surface area contributed by atoms with Crippen molar-refractivity contribution in [2.24, 2.45) is 0 Å². The summed E-state index contributed by atoms with van der Waals surface area (Å²) in [6, 6.07) is 6.66. The van der Waals surface area contributed by atoms with E-state index >= 15 is 0 Å². The number of benzene rings is 1. The SMILES string of the molecule is CC1CC=C(OS(=O)(=O)C(F)(F)F)c2ccccc21.